The fourth-order valence-electron chi connectivity index (χ4n) is 2.64. The lowest BCUT2D eigenvalue weighted by molar-refractivity contribution is 0.206. The normalized spacial score (nSPS) is 20.9. The molecular formula is C17H31N. The van der Waals surface area contributed by atoms with Gasteiger partial charge in [-0.15, -0.1) is 0 Å². The maximum absolute atomic E-state index is 4.26. The molecule has 0 amide bonds. The molecule has 0 aromatic rings. The van der Waals surface area contributed by atoms with Crippen LogP contribution in [-0.2, 0) is 0 Å². The van der Waals surface area contributed by atoms with Gasteiger partial charge in [0.2, 0.25) is 0 Å². The molecule has 1 aliphatic rings. The fourth-order valence-corrected chi connectivity index (χ4v) is 2.64. The summed E-state index contributed by atoms with van der Waals surface area (Å²) in [6.07, 6.45) is 4.92. The summed E-state index contributed by atoms with van der Waals surface area (Å²) < 4.78 is 0. The van der Waals surface area contributed by atoms with E-state index in [1.165, 1.54) is 37.1 Å². The Morgan fingerprint density at radius 3 is 2.50 bits per heavy atom. The van der Waals surface area contributed by atoms with Crippen LogP contribution in [0.1, 0.15) is 53.4 Å². The Morgan fingerprint density at radius 2 is 2.00 bits per heavy atom. The predicted octanol–water partition coefficient (Wildman–Crippen LogP) is 4.86. The third-order valence-corrected chi connectivity index (χ3v) is 4.40. The van der Waals surface area contributed by atoms with Gasteiger partial charge in [0, 0.05) is 18.8 Å². The first-order valence-corrected chi connectivity index (χ1v) is 7.52. The van der Waals surface area contributed by atoms with E-state index in [-0.39, 0.29) is 0 Å². The van der Waals surface area contributed by atoms with E-state index in [9.17, 15) is 0 Å². The van der Waals surface area contributed by atoms with E-state index in [4.69, 9.17) is 0 Å². The van der Waals surface area contributed by atoms with E-state index in [0.717, 1.165) is 24.8 Å². The molecule has 1 fully saturated rings. The maximum atomic E-state index is 4.26. The zero-order valence-corrected chi connectivity index (χ0v) is 12.8. The number of likely N-dealkylation sites (tertiary alicyclic amines) is 1. The van der Waals surface area contributed by atoms with Crippen LogP contribution in [0.5, 0.6) is 0 Å². The predicted molar refractivity (Wildman–Crippen MR) is 81.5 cm³/mol. The van der Waals surface area contributed by atoms with Crippen molar-refractivity contribution in [1.82, 2.24) is 4.90 Å². The van der Waals surface area contributed by atoms with E-state index >= 15 is 0 Å². The smallest absolute Gasteiger partial charge is 0.0177 e. The first-order chi connectivity index (χ1) is 8.41. The monoisotopic (exact) mass is 249 g/mol. The molecule has 0 saturated carbocycles. The Hall–Kier alpha value is -0.720. The van der Waals surface area contributed by atoms with E-state index in [2.05, 4.69) is 45.8 Å². The molecule has 1 nitrogen and oxygen atoms in total. The SMILES string of the molecule is C=C(CCCN1CCC(C(C)C)CC1=C)C(C)C. The molecular weight excluding hydrogens is 218 g/mol. The Labute approximate surface area is 114 Å². The summed E-state index contributed by atoms with van der Waals surface area (Å²) in [6.45, 7) is 19.9. The molecule has 0 aromatic heterocycles. The molecule has 0 radical (unpaired) electrons. The van der Waals surface area contributed by atoms with Crippen molar-refractivity contribution in [2.45, 2.75) is 53.4 Å². The molecule has 18 heavy (non-hydrogen) atoms. The average molecular weight is 249 g/mol. The molecule has 0 bridgehead atoms. The van der Waals surface area contributed by atoms with Crippen molar-refractivity contribution in [3.8, 4) is 0 Å². The molecule has 0 N–H and O–H groups in total. The van der Waals surface area contributed by atoms with E-state index in [0.29, 0.717) is 5.92 Å². The second-order valence-corrected chi connectivity index (χ2v) is 6.47. The summed E-state index contributed by atoms with van der Waals surface area (Å²) in [4.78, 5) is 2.49. The van der Waals surface area contributed by atoms with E-state index < -0.39 is 0 Å². The van der Waals surface area contributed by atoms with Crippen molar-refractivity contribution in [3.05, 3.63) is 24.4 Å². The van der Waals surface area contributed by atoms with Gasteiger partial charge in [-0.1, -0.05) is 46.4 Å². The van der Waals surface area contributed by atoms with Gasteiger partial charge in [0.25, 0.3) is 0 Å². The second kappa shape index (κ2) is 7.01. The van der Waals surface area contributed by atoms with Crippen LogP contribution in [0.2, 0.25) is 0 Å². The summed E-state index contributed by atoms with van der Waals surface area (Å²) in [5, 5.41) is 0. The molecule has 1 unspecified atom stereocenters. The molecule has 1 atom stereocenters. The van der Waals surface area contributed by atoms with Gasteiger partial charge < -0.3 is 4.90 Å². The minimum atomic E-state index is 0.625. The van der Waals surface area contributed by atoms with Crippen molar-refractivity contribution < 1.29 is 0 Å². The van der Waals surface area contributed by atoms with Gasteiger partial charge in [-0.25, -0.2) is 0 Å². The number of hydrogen-bond donors (Lipinski definition) is 0. The molecule has 0 aliphatic carbocycles. The topological polar surface area (TPSA) is 3.24 Å². The molecule has 0 spiro atoms. The van der Waals surface area contributed by atoms with Crippen LogP contribution in [0.4, 0.5) is 0 Å². The number of piperidine rings is 1. The van der Waals surface area contributed by atoms with Crippen LogP contribution in [0, 0.1) is 17.8 Å². The molecule has 1 aliphatic heterocycles. The standard InChI is InChI=1S/C17H31N/c1-13(2)15(5)8-7-10-18-11-9-17(14(3)4)12-16(18)6/h13-14,17H,5-12H2,1-4H3. The lowest BCUT2D eigenvalue weighted by atomic mass is 9.85. The summed E-state index contributed by atoms with van der Waals surface area (Å²) in [7, 11) is 0. The highest BCUT2D eigenvalue weighted by Gasteiger charge is 2.23. The minimum absolute atomic E-state index is 0.625. The van der Waals surface area contributed by atoms with Crippen LogP contribution < -0.4 is 0 Å². The molecule has 1 heteroatoms. The minimum Gasteiger partial charge on any atom is -0.375 e. The summed E-state index contributed by atoms with van der Waals surface area (Å²) in [5.41, 5.74) is 2.74. The van der Waals surface area contributed by atoms with Crippen molar-refractivity contribution in [2.75, 3.05) is 13.1 Å². The van der Waals surface area contributed by atoms with Crippen LogP contribution in [0.15, 0.2) is 24.4 Å². The highest BCUT2D eigenvalue weighted by molar-refractivity contribution is 5.01. The van der Waals surface area contributed by atoms with Gasteiger partial charge in [-0.2, -0.15) is 0 Å². The van der Waals surface area contributed by atoms with Crippen molar-refractivity contribution in [3.63, 3.8) is 0 Å². The third-order valence-electron chi connectivity index (χ3n) is 4.40. The Balaban J connectivity index is 2.28. The number of allylic oxidation sites excluding steroid dienone is 2. The van der Waals surface area contributed by atoms with Gasteiger partial charge in [0.15, 0.2) is 0 Å². The third kappa shape index (κ3) is 4.51. The zero-order valence-electron chi connectivity index (χ0n) is 12.8. The highest BCUT2D eigenvalue weighted by Crippen LogP contribution is 2.30. The Bertz CT molecular complexity index is 288. The molecule has 0 aromatic carbocycles. The van der Waals surface area contributed by atoms with E-state index in [1.54, 1.807) is 0 Å². The van der Waals surface area contributed by atoms with Gasteiger partial charge in [-0.3, -0.25) is 0 Å². The lowest BCUT2D eigenvalue weighted by Crippen LogP contribution is -2.33. The summed E-state index contributed by atoms with van der Waals surface area (Å²) >= 11 is 0. The van der Waals surface area contributed by atoms with Crippen LogP contribution >= 0.6 is 0 Å². The second-order valence-electron chi connectivity index (χ2n) is 6.47. The highest BCUT2D eigenvalue weighted by atomic mass is 15.1. The van der Waals surface area contributed by atoms with E-state index in [1.807, 2.05) is 0 Å². The van der Waals surface area contributed by atoms with Gasteiger partial charge in [0.1, 0.15) is 0 Å². The average Bonchev–Trinajstić information content (AvgIpc) is 2.30. The van der Waals surface area contributed by atoms with Crippen molar-refractivity contribution >= 4 is 0 Å². The van der Waals surface area contributed by atoms with Gasteiger partial charge in [0.05, 0.1) is 0 Å². The number of nitrogens with zero attached hydrogens (tertiary/aromatic N) is 1. The number of rotatable bonds is 6. The summed E-state index contributed by atoms with van der Waals surface area (Å²) in [5.74, 6) is 2.27. The number of hydrogen-bond acceptors (Lipinski definition) is 1. The Kier molecular flexibility index (Phi) is 5.98. The van der Waals surface area contributed by atoms with Crippen LogP contribution in [0.25, 0.3) is 0 Å². The molecule has 1 rings (SSSR count). The van der Waals surface area contributed by atoms with Crippen LogP contribution in [0.3, 0.4) is 0 Å². The molecule has 1 heterocycles. The van der Waals surface area contributed by atoms with Crippen LogP contribution in [-0.4, -0.2) is 18.0 Å². The summed E-state index contributed by atoms with van der Waals surface area (Å²) in [6, 6.07) is 0. The maximum Gasteiger partial charge on any atom is 0.0177 e. The van der Waals surface area contributed by atoms with Gasteiger partial charge in [-0.05, 0) is 43.4 Å². The lowest BCUT2D eigenvalue weighted by Gasteiger charge is -2.37. The van der Waals surface area contributed by atoms with Gasteiger partial charge >= 0.3 is 0 Å². The fraction of sp³-hybridized carbons (Fsp3) is 0.765. The quantitative estimate of drug-likeness (QED) is 0.608. The molecule has 104 valence electrons. The first kappa shape index (κ1) is 15.3. The first-order valence-electron chi connectivity index (χ1n) is 7.52. The largest absolute Gasteiger partial charge is 0.375 e. The van der Waals surface area contributed by atoms with Crippen molar-refractivity contribution in [2.24, 2.45) is 17.8 Å². The molecule has 1 saturated heterocycles. The van der Waals surface area contributed by atoms with Crippen molar-refractivity contribution in [1.29, 1.82) is 0 Å². The Morgan fingerprint density at radius 1 is 1.33 bits per heavy atom. The zero-order chi connectivity index (χ0) is 13.7.